The molecular formula is C16H16BrClFNO. The van der Waals surface area contributed by atoms with Gasteiger partial charge in [0.15, 0.2) is 0 Å². The van der Waals surface area contributed by atoms with Crippen molar-refractivity contribution >= 4 is 27.5 Å². The molecule has 5 heteroatoms. The molecule has 1 unspecified atom stereocenters. The second kappa shape index (κ2) is 6.77. The number of benzene rings is 2. The maximum Gasteiger partial charge on any atom is 0.141 e. The number of aryl methyl sites for hydroxylation is 1. The molecule has 0 fully saturated rings. The molecule has 0 aliphatic rings. The molecule has 0 radical (unpaired) electrons. The van der Waals surface area contributed by atoms with Crippen LogP contribution >= 0.6 is 27.5 Å². The Bertz CT molecular complexity index is 663. The predicted molar refractivity (Wildman–Crippen MR) is 87.7 cm³/mol. The van der Waals surface area contributed by atoms with Gasteiger partial charge in [-0.3, -0.25) is 0 Å². The van der Waals surface area contributed by atoms with Crippen LogP contribution in [0.25, 0.3) is 0 Å². The zero-order valence-electron chi connectivity index (χ0n) is 12.0. The van der Waals surface area contributed by atoms with Gasteiger partial charge in [-0.05, 0) is 59.2 Å². The lowest BCUT2D eigenvalue weighted by Crippen LogP contribution is -2.19. The first kappa shape index (κ1) is 16.3. The fraction of sp³-hybridized carbons (Fsp3) is 0.250. The van der Waals surface area contributed by atoms with Gasteiger partial charge in [0.2, 0.25) is 0 Å². The molecule has 0 aromatic heterocycles. The highest BCUT2D eigenvalue weighted by molar-refractivity contribution is 9.10. The normalized spacial score (nSPS) is 12.3. The molecule has 0 bridgehead atoms. The van der Waals surface area contributed by atoms with Crippen LogP contribution in [0.2, 0.25) is 5.02 Å². The lowest BCUT2D eigenvalue weighted by Gasteiger charge is -2.22. The molecule has 112 valence electrons. The quantitative estimate of drug-likeness (QED) is 0.827. The molecule has 2 rings (SSSR count). The Labute approximate surface area is 137 Å². The minimum absolute atomic E-state index is 0.117. The fourth-order valence-electron chi connectivity index (χ4n) is 2.39. The van der Waals surface area contributed by atoms with Crippen LogP contribution < -0.4 is 10.1 Å². The SMILES string of the molecule is CNC(c1ccc(Cl)cc1C)c1cc(Br)c(F)cc1OC. The van der Waals surface area contributed by atoms with Crippen molar-refractivity contribution in [2.45, 2.75) is 13.0 Å². The van der Waals surface area contributed by atoms with Gasteiger partial charge in [0, 0.05) is 16.7 Å². The van der Waals surface area contributed by atoms with Crippen molar-refractivity contribution in [3.63, 3.8) is 0 Å². The van der Waals surface area contributed by atoms with Gasteiger partial charge in [-0.25, -0.2) is 4.39 Å². The summed E-state index contributed by atoms with van der Waals surface area (Å²) < 4.78 is 19.4. The lowest BCUT2D eigenvalue weighted by molar-refractivity contribution is 0.401. The van der Waals surface area contributed by atoms with Crippen LogP contribution in [0.4, 0.5) is 4.39 Å². The first-order chi connectivity index (χ1) is 9.97. The largest absolute Gasteiger partial charge is 0.496 e. The Kier molecular flexibility index (Phi) is 5.25. The molecule has 0 aliphatic heterocycles. The summed E-state index contributed by atoms with van der Waals surface area (Å²) in [5.74, 6) is 0.155. The average Bonchev–Trinajstić information content (AvgIpc) is 2.45. The van der Waals surface area contributed by atoms with Crippen molar-refractivity contribution in [3.8, 4) is 5.75 Å². The van der Waals surface area contributed by atoms with E-state index in [2.05, 4.69) is 21.2 Å². The van der Waals surface area contributed by atoms with Gasteiger partial charge in [-0.2, -0.15) is 0 Å². The van der Waals surface area contributed by atoms with E-state index in [1.165, 1.54) is 13.2 Å². The molecule has 2 nitrogen and oxygen atoms in total. The maximum atomic E-state index is 13.7. The average molecular weight is 373 g/mol. The minimum atomic E-state index is -0.349. The van der Waals surface area contributed by atoms with Crippen LogP contribution in [-0.2, 0) is 0 Å². The molecule has 0 heterocycles. The highest BCUT2D eigenvalue weighted by Crippen LogP contribution is 2.35. The molecule has 0 aliphatic carbocycles. The van der Waals surface area contributed by atoms with E-state index >= 15 is 0 Å². The predicted octanol–water partition coefficient (Wildman–Crippen LogP) is 4.87. The van der Waals surface area contributed by atoms with E-state index in [9.17, 15) is 4.39 Å². The molecule has 1 N–H and O–H groups in total. The summed E-state index contributed by atoms with van der Waals surface area (Å²) in [5, 5.41) is 3.94. The van der Waals surface area contributed by atoms with Crippen LogP contribution in [0.3, 0.4) is 0 Å². The van der Waals surface area contributed by atoms with E-state index in [0.717, 1.165) is 16.7 Å². The number of ether oxygens (including phenoxy) is 1. The third kappa shape index (κ3) is 3.39. The standard InChI is InChI=1S/C16H16BrClFNO/c1-9-6-10(18)4-5-11(9)16(20-2)12-7-13(17)14(19)8-15(12)21-3/h4-8,16,20H,1-3H3. The van der Waals surface area contributed by atoms with Crippen molar-refractivity contribution in [1.82, 2.24) is 5.32 Å². The van der Waals surface area contributed by atoms with Crippen molar-refractivity contribution in [3.05, 3.63) is 62.3 Å². The highest BCUT2D eigenvalue weighted by atomic mass is 79.9. The number of nitrogens with one attached hydrogen (secondary N) is 1. The fourth-order valence-corrected chi connectivity index (χ4v) is 2.98. The topological polar surface area (TPSA) is 21.3 Å². The Morgan fingerprint density at radius 1 is 1.24 bits per heavy atom. The van der Waals surface area contributed by atoms with E-state index in [1.54, 1.807) is 6.07 Å². The third-order valence-electron chi connectivity index (χ3n) is 3.42. The Balaban J connectivity index is 2.58. The van der Waals surface area contributed by atoms with E-state index < -0.39 is 0 Å². The summed E-state index contributed by atoms with van der Waals surface area (Å²) in [7, 11) is 3.39. The summed E-state index contributed by atoms with van der Waals surface area (Å²) in [6.45, 7) is 2.00. The third-order valence-corrected chi connectivity index (χ3v) is 4.26. The van der Waals surface area contributed by atoms with Crippen molar-refractivity contribution in [1.29, 1.82) is 0 Å². The molecule has 0 saturated carbocycles. The smallest absolute Gasteiger partial charge is 0.141 e. The van der Waals surface area contributed by atoms with Gasteiger partial charge < -0.3 is 10.1 Å². The number of hydrogen-bond donors (Lipinski definition) is 1. The summed E-state index contributed by atoms with van der Waals surface area (Å²) in [6.07, 6.45) is 0. The van der Waals surface area contributed by atoms with E-state index in [4.69, 9.17) is 16.3 Å². The molecular weight excluding hydrogens is 357 g/mol. The second-order valence-corrected chi connectivity index (χ2v) is 6.02. The van der Waals surface area contributed by atoms with Gasteiger partial charge in [0.1, 0.15) is 11.6 Å². The van der Waals surface area contributed by atoms with Crippen LogP contribution in [0.1, 0.15) is 22.7 Å². The van der Waals surface area contributed by atoms with Crippen molar-refractivity contribution in [2.24, 2.45) is 0 Å². The van der Waals surface area contributed by atoms with Gasteiger partial charge in [-0.15, -0.1) is 0 Å². The number of halogens is 3. The first-order valence-corrected chi connectivity index (χ1v) is 7.61. The number of hydrogen-bond acceptors (Lipinski definition) is 2. The Morgan fingerprint density at radius 3 is 2.52 bits per heavy atom. The molecule has 2 aromatic rings. The summed E-state index contributed by atoms with van der Waals surface area (Å²) >= 11 is 9.24. The van der Waals surface area contributed by atoms with Crippen molar-refractivity contribution < 1.29 is 9.13 Å². The molecule has 0 amide bonds. The van der Waals surface area contributed by atoms with Crippen LogP contribution in [0.5, 0.6) is 5.75 Å². The first-order valence-electron chi connectivity index (χ1n) is 6.44. The minimum Gasteiger partial charge on any atom is -0.496 e. The molecule has 1 atom stereocenters. The van der Waals surface area contributed by atoms with Crippen LogP contribution in [0.15, 0.2) is 34.8 Å². The van der Waals surface area contributed by atoms with Gasteiger partial charge in [-0.1, -0.05) is 17.7 Å². The highest BCUT2D eigenvalue weighted by Gasteiger charge is 2.20. The summed E-state index contributed by atoms with van der Waals surface area (Å²) in [5.41, 5.74) is 2.99. The van der Waals surface area contributed by atoms with E-state index in [0.29, 0.717) is 15.2 Å². The van der Waals surface area contributed by atoms with Crippen LogP contribution in [0, 0.1) is 12.7 Å². The van der Waals surface area contributed by atoms with E-state index in [-0.39, 0.29) is 11.9 Å². The van der Waals surface area contributed by atoms with Gasteiger partial charge >= 0.3 is 0 Å². The van der Waals surface area contributed by atoms with Gasteiger partial charge in [0.05, 0.1) is 17.6 Å². The zero-order chi connectivity index (χ0) is 15.6. The van der Waals surface area contributed by atoms with E-state index in [1.807, 2.05) is 32.2 Å². The maximum absolute atomic E-state index is 13.7. The molecule has 0 saturated heterocycles. The molecule has 21 heavy (non-hydrogen) atoms. The van der Waals surface area contributed by atoms with Crippen LogP contribution in [-0.4, -0.2) is 14.2 Å². The second-order valence-electron chi connectivity index (χ2n) is 4.73. The van der Waals surface area contributed by atoms with Crippen molar-refractivity contribution in [2.75, 3.05) is 14.2 Å². The monoisotopic (exact) mass is 371 g/mol. The molecule has 0 spiro atoms. The van der Waals surface area contributed by atoms with Gasteiger partial charge in [0.25, 0.3) is 0 Å². The number of methoxy groups -OCH3 is 1. The lowest BCUT2D eigenvalue weighted by atomic mass is 9.94. The Morgan fingerprint density at radius 2 is 1.95 bits per heavy atom. The zero-order valence-corrected chi connectivity index (χ0v) is 14.3. The summed E-state index contributed by atoms with van der Waals surface area (Å²) in [4.78, 5) is 0. The molecule has 2 aromatic carbocycles. The number of rotatable bonds is 4. The summed E-state index contributed by atoms with van der Waals surface area (Å²) in [6, 6.07) is 8.73. The Hall–Kier alpha value is -1.10.